The first-order valence-electron chi connectivity index (χ1n) is 6.32. The van der Waals surface area contributed by atoms with E-state index in [-0.39, 0.29) is 19.4 Å². The Kier molecular flexibility index (Phi) is 6.36. The molecule has 1 unspecified atom stereocenters. The van der Waals surface area contributed by atoms with Gasteiger partial charge in [-0.2, -0.15) is 0 Å². The van der Waals surface area contributed by atoms with Crippen LogP contribution in [0.25, 0.3) is 0 Å². The number of hydrogen-bond acceptors (Lipinski definition) is 6. The molecule has 114 valence electrons. The summed E-state index contributed by atoms with van der Waals surface area (Å²) in [6, 6.07) is -0.672. The van der Waals surface area contributed by atoms with Gasteiger partial charge < -0.3 is 15.3 Å². The zero-order valence-corrected chi connectivity index (χ0v) is 10.9. The normalized spacial score (nSPS) is 20.7. The molecular formula is C11H19N3O6. The van der Waals surface area contributed by atoms with E-state index in [1.807, 2.05) is 0 Å². The van der Waals surface area contributed by atoms with E-state index in [2.05, 4.69) is 10.7 Å². The van der Waals surface area contributed by atoms with Crippen LogP contribution in [0.2, 0.25) is 0 Å². The van der Waals surface area contributed by atoms with Crippen LogP contribution in [-0.2, 0) is 14.4 Å². The number of carbonyl (C=O) groups is 3. The average Bonchev–Trinajstić information content (AvgIpc) is 2.80. The standard InChI is InChI=1S/C11H19N3O6/c15-9(16)4-3-8(12-6-10(17)18)13-14-5-1-2-7(14)11(19)20/h7-8,12-13H,1-6H2,(H,15,16)(H,17,18)(H,19,20)/t7-,8?/m0/s1. The van der Waals surface area contributed by atoms with Gasteiger partial charge in [0.15, 0.2) is 0 Å². The topological polar surface area (TPSA) is 139 Å². The molecule has 1 fully saturated rings. The van der Waals surface area contributed by atoms with Crippen molar-refractivity contribution >= 4 is 17.9 Å². The monoisotopic (exact) mass is 289 g/mol. The van der Waals surface area contributed by atoms with E-state index in [0.29, 0.717) is 19.4 Å². The van der Waals surface area contributed by atoms with Gasteiger partial charge in [-0.3, -0.25) is 19.7 Å². The second-order valence-electron chi connectivity index (χ2n) is 4.58. The van der Waals surface area contributed by atoms with E-state index >= 15 is 0 Å². The average molecular weight is 289 g/mol. The van der Waals surface area contributed by atoms with Crippen molar-refractivity contribution in [3.8, 4) is 0 Å². The van der Waals surface area contributed by atoms with Crippen molar-refractivity contribution in [3.05, 3.63) is 0 Å². The Hall–Kier alpha value is -1.71. The fourth-order valence-electron chi connectivity index (χ4n) is 2.07. The van der Waals surface area contributed by atoms with Crippen LogP contribution < -0.4 is 10.7 Å². The van der Waals surface area contributed by atoms with Crippen LogP contribution in [0.4, 0.5) is 0 Å². The molecular weight excluding hydrogens is 270 g/mol. The van der Waals surface area contributed by atoms with E-state index in [1.54, 1.807) is 0 Å². The SMILES string of the molecule is O=C(O)CCC(NCC(=O)O)NN1CCC[C@H]1C(=O)O. The number of nitrogens with one attached hydrogen (secondary N) is 2. The number of hydrazine groups is 1. The van der Waals surface area contributed by atoms with E-state index in [1.165, 1.54) is 5.01 Å². The molecule has 0 aromatic heterocycles. The van der Waals surface area contributed by atoms with Crippen molar-refractivity contribution in [2.45, 2.75) is 37.9 Å². The van der Waals surface area contributed by atoms with Crippen LogP contribution in [0.1, 0.15) is 25.7 Å². The van der Waals surface area contributed by atoms with Gasteiger partial charge in [0.25, 0.3) is 0 Å². The molecule has 0 radical (unpaired) electrons. The van der Waals surface area contributed by atoms with Crippen LogP contribution in [0.15, 0.2) is 0 Å². The molecule has 2 atom stereocenters. The Bertz CT molecular complexity index is 357. The predicted molar refractivity (Wildman–Crippen MR) is 66.8 cm³/mol. The third kappa shape index (κ3) is 5.51. The summed E-state index contributed by atoms with van der Waals surface area (Å²) < 4.78 is 0. The highest BCUT2D eigenvalue weighted by atomic mass is 16.4. The van der Waals surface area contributed by atoms with Crippen LogP contribution in [0.5, 0.6) is 0 Å². The lowest BCUT2D eigenvalue weighted by Gasteiger charge is -2.28. The smallest absolute Gasteiger partial charge is 0.322 e. The molecule has 1 rings (SSSR count). The van der Waals surface area contributed by atoms with Crippen molar-refractivity contribution in [1.82, 2.24) is 15.8 Å². The molecule has 0 saturated carbocycles. The van der Waals surface area contributed by atoms with E-state index < -0.39 is 30.1 Å². The molecule has 9 heteroatoms. The van der Waals surface area contributed by atoms with E-state index in [0.717, 1.165) is 0 Å². The Morgan fingerprint density at radius 1 is 1.20 bits per heavy atom. The maximum atomic E-state index is 11.0. The Morgan fingerprint density at radius 2 is 1.90 bits per heavy atom. The minimum absolute atomic E-state index is 0.143. The summed E-state index contributed by atoms with van der Waals surface area (Å²) in [5.74, 6) is -3.02. The predicted octanol–water partition coefficient (Wildman–Crippen LogP) is -1.09. The summed E-state index contributed by atoms with van der Waals surface area (Å²) in [4.78, 5) is 32.1. The fraction of sp³-hybridized carbons (Fsp3) is 0.727. The van der Waals surface area contributed by atoms with Gasteiger partial charge >= 0.3 is 17.9 Å². The highest BCUT2D eigenvalue weighted by Gasteiger charge is 2.31. The Balaban J connectivity index is 2.55. The molecule has 1 aliphatic heterocycles. The molecule has 0 spiro atoms. The molecule has 0 amide bonds. The first-order chi connectivity index (χ1) is 9.40. The minimum Gasteiger partial charge on any atom is -0.481 e. The van der Waals surface area contributed by atoms with E-state index in [4.69, 9.17) is 15.3 Å². The Labute approximate surface area is 115 Å². The first-order valence-corrected chi connectivity index (χ1v) is 6.32. The minimum atomic E-state index is -1.07. The number of rotatable bonds is 9. The van der Waals surface area contributed by atoms with Crippen molar-refractivity contribution < 1.29 is 29.7 Å². The summed E-state index contributed by atoms with van der Waals surface area (Å²) in [7, 11) is 0. The summed E-state index contributed by atoms with van der Waals surface area (Å²) in [5, 5.41) is 30.5. The largest absolute Gasteiger partial charge is 0.481 e. The molecule has 1 aliphatic rings. The second kappa shape index (κ2) is 7.78. The zero-order valence-electron chi connectivity index (χ0n) is 10.9. The van der Waals surface area contributed by atoms with Gasteiger partial charge in [0.1, 0.15) is 6.04 Å². The lowest BCUT2D eigenvalue weighted by Crippen LogP contribution is -2.55. The van der Waals surface area contributed by atoms with Crippen molar-refractivity contribution in [1.29, 1.82) is 0 Å². The molecule has 0 aromatic rings. The van der Waals surface area contributed by atoms with Gasteiger partial charge in [0.05, 0.1) is 12.7 Å². The highest BCUT2D eigenvalue weighted by molar-refractivity contribution is 5.73. The van der Waals surface area contributed by atoms with Gasteiger partial charge in [-0.15, -0.1) is 0 Å². The van der Waals surface area contributed by atoms with Crippen molar-refractivity contribution in [3.63, 3.8) is 0 Å². The van der Waals surface area contributed by atoms with Gasteiger partial charge in [-0.25, -0.2) is 10.4 Å². The van der Waals surface area contributed by atoms with Crippen LogP contribution >= 0.6 is 0 Å². The zero-order chi connectivity index (χ0) is 15.1. The summed E-state index contributed by atoms with van der Waals surface area (Å²) >= 11 is 0. The lowest BCUT2D eigenvalue weighted by atomic mass is 10.2. The summed E-state index contributed by atoms with van der Waals surface area (Å²) in [5.41, 5.74) is 2.87. The molecule has 5 N–H and O–H groups in total. The van der Waals surface area contributed by atoms with Gasteiger partial charge in [0.2, 0.25) is 0 Å². The van der Waals surface area contributed by atoms with Crippen LogP contribution in [0, 0.1) is 0 Å². The molecule has 0 aliphatic carbocycles. The highest BCUT2D eigenvalue weighted by Crippen LogP contribution is 2.15. The molecule has 1 saturated heterocycles. The number of aliphatic carboxylic acids is 3. The number of carboxylic acid groups (broad SMARTS) is 3. The molecule has 1 heterocycles. The van der Waals surface area contributed by atoms with Crippen LogP contribution in [-0.4, -0.2) is 63.5 Å². The summed E-state index contributed by atoms with van der Waals surface area (Å²) in [6.45, 7) is 0.193. The maximum Gasteiger partial charge on any atom is 0.322 e. The van der Waals surface area contributed by atoms with Crippen molar-refractivity contribution in [2.24, 2.45) is 0 Å². The third-order valence-corrected chi connectivity index (χ3v) is 3.01. The van der Waals surface area contributed by atoms with Crippen molar-refractivity contribution in [2.75, 3.05) is 13.1 Å². The third-order valence-electron chi connectivity index (χ3n) is 3.01. The molecule has 20 heavy (non-hydrogen) atoms. The quantitative estimate of drug-likeness (QED) is 0.335. The fourth-order valence-corrected chi connectivity index (χ4v) is 2.07. The van der Waals surface area contributed by atoms with Gasteiger partial charge in [-0.1, -0.05) is 0 Å². The number of nitrogens with zero attached hydrogens (tertiary/aromatic N) is 1. The van der Waals surface area contributed by atoms with Gasteiger partial charge in [0, 0.05) is 13.0 Å². The maximum absolute atomic E-state index is 11.0. The van der Waals surface area contributed by atoms with Gasteiger partial charge in [-0.05, 0) is 19.3 Å². The Morgan fingerprint density at radius 3 is 2.45 bits per heavy atom. The molecule has 0 bridgehead atoms. The number of carboxylic acids is 3. The summed E-state index contributed by atoms with van der Waals surface area (Å²) in [6.07, 6.45) is 0.644. The lowest BCUT2D eigenvalue weighted by molar-refractivity contribution is -0.144. The first kappa shape index (κ1) is 16.3. The second-order valence-corrected chi connectivity index (χ2v) is 4.58. The number of hydrogen-bond donors (Lipinski definition) is 5. The van der Waals surface area contributed by atoms with E-state index in [9.17, 15) is 14.4 Å². The van der Waals surface area contributed by atoms with Crippen LogP contribution in [0.3, 0.4) is 0 Å². The molecule has 9 nitrogen and oxygen atoms in total. The molecule has 0 aromatic carbocycles.